The Labute approximate surface area is 104 Å². The Balaban J connectivity index is 2.21. The highest BCUT2D eigenvalue weighted by atomic mass is 32.2. The lowest BCUT2D eigenvalue weighted by atomic mass is 10.2. The molecular formula is C12H18O2S2. The van der Waals surface area contributed by atoms with Crippen LogP contribution in [0.25, 0.3) is 0 Å². The van der Waals surface area contributed by atoms with E-state index in [2.05, 4.69) is 0 Å². The van der Waals surface area contributed by atoms with Gasteiger partial charge in [-0.25, -0.2) is 0 Å². The van der Waals surface area contributed by atoms with E-state index in [-0.39, 0.29) is 6.61 Å². The minimum Gasteiger partial charge on any atom is -0.396 e. The van der Waals surface area contributed by atoms with Crippen molar-refractivity contribution in [3.8, 4) is 0 Å². The summed E-state index contributed by atoms with van der Waals surface area (Å²) in [6.07, 6.45) is 0. The van der Waals surface area contributed by atoms with E-state index >= 15 is 0 Å². The van der Waals surface area contributed by atoms with E-state index in [1.165, 1.54) is 0 Å². The van der Waals surface area contributed by atoms with E-state index in [4.69, 9.17) is 5.11 Å². The molecule has 1 rings (SSSR count). The molecule has 1 aromatic rings. The van der Waals surface area contributed by atoms with Crippen LogP contribution in [0.3, 0.4) is 0 Å². The third kappa shape index (κ3) is 5.14. The molecule has 0 saturated carbocycles. The van der Waals surface area contributed by atoms with Gasteiger partial charge in [0.1, 0.15) is 0 Å². The van der Waals surface area contributed by atoms with E-state index in [0.29, 0.717) is 11.7 Å². The second-order valence-electron chi connectivity index (χ2n) is 3.73. The van der Waals surface area contributed by atoms with Crippen molar-refractivity contribution in [1.82, 2.24) is 0 Å². The lowest BCUT2D eigenvalue weighted by Crippen LogP contribution is -2.06. The van der Waals surface area contributed by atoms with Crippen molar-refractivity contribution >= 4 is 22.6 Å². The van der Waals surface area contributed by atoms with Crippen molar-refractivity contribution in [1.29, 1.82) is 0 Å². The van der Waals surface area contributed by atoms with Crippen LogP contribution in [0.1, 0.15) is 6.92 Å². The van der Waals surface area contributed by atoms with Gasteiger partial charge in [0.2, 0.25) is 0 Å². The van der Waals surface area contributed by atoms with Crippen LogP contribution in [0.2, 0.25) is 0 Å². The molecule has 1 aromatic carbocycles. The first kappa shape index (κ1) is 13.7. The Morgan fingerprint density at radius 1 is 1.38 bits per heavy atom. The van der Waals surface area contributed by atoms with Gasteiger partial charge in [-0.3, -0.25) is 4.21 Å². The van der Waals surface area contributed by atoms with Crippen LogP contribution >= 0.6 is 11.8 Å². The van der Waals surface area contributed by atoms with Gasteiger partial charge >= 0.3 is 0 Å². The summed E-state index contributed by atoms with van der Waals surface area (Å²) in [6, 6.07) is 9.55. The average molecular weight is 258 g/mol. The van der Waals surface area contributed by atoms with Gasteiger partial charge in [-0.05, 0) is 23.8 Å². The zero-order valence-electron chi connectivity index (χ0n) is 9.46. The van der Waals surface area contributed by atoms with Gasteiger partial charge < -0.3 is 5.11 Å². The largest absolute Gasteiger partial charge is 0.396 e. The van der Waals surface area contributed by atoms with Gasteiger partial charge in [-0.15, -0.1) is 0 Å². The van der Waals surface area contributed by atoms with Crippen LogP contribution in [0.4, 0.5) is 0 Å². The van der Waals surface area contributed by atoms with E-state index in [0.717, 1.165) is 16.4 Å². The Morgan fingerprint density at radius 2 is 2.06 bits per heavy atom. The smallest absolute Gasteiger partial charge is 0.0537 e. The fourth-order valence-corrected chi connectivity index (χ4v) is 3.61. The van der Waals surface area contributed by atoms with Gasteiger partial charge in [0.25, 0.3) is 0 Å². The quantitative estimate of drug-likeness (QED) is 0.762. The maximum atomic E-state index is 11.8. The molecule has 0 fully saturated rings. The molecule has 0 aliphatic rings. The molecule has 0 aliphatic heterocycles. The van der Waals surface area contributed by atoms with Crippen molar-refractivity contribution in [3.63, 3.8) is 0 Å². The minimum absolute atomic E-state index is 0.231. The summed E-state index contributed by atoms with van der Waals surface area (Å²) in [5.74, 6) is 2.83. The van der Waals surface area contributed by atoms with Crippen molar-refractivity contribution in [2.45, 2.75) is 11.8 Å². The van der Waals surface area contributed by atoms with Crippen LogP contribution in [-0.4, -0.2) is 33.2 Å². The minimum atomic E-state index is -0.883. The number of thioether (sulfide) groups is 1. The number of aliphatic hydroxyl groups is 1. The number of benzene rings is 1. The number of hydrogen-bond acceptors (Lipinski definition) is 3. The number of aliphatic hydroxyl groups excluding tert-OH is 1. The van der Waals surface area contributed by atoms with Gasteiger partial charge in [-0.2, -0.15) is 11.8 Å². The van der Waals surface area contributed by atoms with Crippen molar-refractivity contribution in [2.24, 2.45) is 5.92 Å². The van der Waals surface area contributed by atoms with E-state index in [1.807, 2.05) is 37.3 Å². The fraction of sp³-hybridized carbons (Fsp3) is 0.500. The van der Waals surface area contributed by atoms with Crippen LogP contribution < -0.4 is 0 Å². The average Bonchev–Trinajstić information content (AvgIpc) is 2.35. The van der Waals surface area contributed by atoms with Gasteiger partial charge in [0.05, 0.1) is 10.8 Å². The van der Waals surface area contributed by atoms with Crippen molar-refractivity contribution in [2.75, 3.05) is 23.9 Å². The fourth-order valence-electron chi connectivity index (χ4n) is 1.16. The lowest BCUT2D eigenvalue weighted by molar-refractivity contribution is 0.250. The van der Waals surface area contributed by atoms with Crippen LogP contribution in [0.15, 0.2) is 35.2 Å². The Bertz CT molecular complexity index is 314. The summed E-state index contributed by atoms with van der Waals surface area (Å²) in [7, 11) is -0.883. The molecule has 16 heavy (non-hydrogen) atoms. The molecule has 0 saturated heterocycles. The Kier molecular flexibility index (Phi) is 6.76. The monoisotopic (exact) mass is 258 g/mol. The number of rotatable bonds is 7. The maximum Gasteiger partial charge on any atom is 0.0537 e. The zero-order chi connectivity index (χ0) is 11.8. The molecule has 90 valence electrons. The molecular weight excluding hydrogens is 240 g/mol. The second kappa shape index (κ2) is 7.87. The second-order valence-corrected chi connectivity index (χ2v) is 6.45. The van der Waals surface area contributed by atoms with Crippen LogP contribution in [0.5, 0.6) is 0 Å². The van der Waals surface area contributed by atoms with Crippen LogP contribution in [0, 0.1) is 5.92 Å². The standard InChI is InChI=1S/C12H18O2S2/c1-11(9-13)10-15-7-8-16(14)12-5-3-2-4-6-12/h2-6,11,13H,7-10H2,1H3. The summed E-state index contributed by atoms with van der Waals surface area (Å²) >= 11 is 1.76. The lowest BCUT2D eigenvalue weighted by Gasteiger charge is -2.06. The highest BCUT2D eigenvalue weighted by molar-refractivity contribution is 8.00. The topological polar surface area (TPSA) is 37.3 Å². The first-order chi connectivity index (χ1) is 7.74. The molecule has 0 aliphatic carbocycles. The number of hydrogen-bond donors (Lipinski definition) is 1. The molecule has 2 unspecified atom stereocenters. The molecule has 2 nitrogen and oxygen atoms in total. The third-order valence-corrected chi connectivity index (χ3v) is 5.06. The first-order valence-corrected chi connectivity index (χ1v) is 7.83. The molecule has 0 bridgehead atoms. The first-order valence-electron chi connectivity index (χ1n) is 5.36. The summed E-state index contributed by atoms with van der Waals surface area (Å²) in [6.45, 7) is 2.25. The summed E-state index contributed by atoms with van der Waals surface area (Å²) in [5.41, 5.74) is 0. The summed E-state index contributed by atoms with van der Waals surface area (Å²) in [5, 5.41) is 8.85. The van der Waals surface area contributed by atoms with Gasteiger partial charge in [0, 0.05) is 23.0 Å². The molecule has 4 heteroatoms. The maximum absolute atomic E-state index is 11.8. The summed E-state index contributed by atoms with van der Waals surface area (Å²) < 4.78 is 11.8. The molecule has 1 N–H and O–H groups in total. The third-order valence-electron chi connectivity index (χ3n) is 2.13. The predicted octanol–water partition coefficient (Wildman–Crippen LogP) is 2.16. The zero-order valence-corrected chi connectivity index (χ0v) is 11.1. The Morgan fingerprint density at radius 3 is 2.69 bits per heavy atom. The normalized spacial score (nSPS) is 14.6. The molecule has 0 aromatic heterocycles. The van der Waals surface area contributed by atoms with E-state index in [9.17, 15) is 4.21 Å². The van der Waals surface area contributed by atoms with Gasteiger partial charge in [-0.1, -0.05) is 25.1 Å². The molecule has 0 spiro atoms. The molecule has 0 radical (unpaired) electrons. The molecule has 0 amide bonds. The van der Waals surface area contributed by atoms with Crippen molar-refractivity contribution in [3.05, 3.63) is 30.3 Å². The molecule has 0 heterocycles. The van der Waals surface area contributed by atoms with Crippen molar-refractivity contribution < 1.29 is 9.32 Å². The van der Waals surface area contributed by atoms with Crippen LogP contribution in [-0.2, 0) is 10.8 Å². The van der Waals surface area contributed by atoms with E-state index in [1.54, 1.807) is 11.8 Å². The molecule has 2 atom stereocenters. The SMILES string of the molecule is CC(CO)CSCCS(=O)c1ccccc1. The highest BCUT2D eigenvalue weighted by Crippen LogP contribution is 2.11. The summed E-state index contributed by atoms with van der Waals surface area (Å²) in [4.78, 5) is 0.901. The predicted molar refractivity (Wildman–Crippen MR) is 71.3 cm³/mol. The Hall–Kier alpha value is -0.320. The van der Waals surface area contributed by atoms with Gasteiger partial charge in [0.15, 0.2) is 0 Å². The van der Waals surface area contributed by atoms with E-state index < -0.39 is 10.8 Å². The highest BCUT2D eigenvalue weighted by Gasteiger charge is 2.04.